The van der Waals surface area contributed by atoms with Gasteiger partial charge in [-0.1, -0.05) is 0 Å². The van der Waals surface area contributed by atoms with Crippen LogP contribution in [0.5, 0.6) is 0 Å². The summed E-state index contributed by atoms with van der Waals surface area (Å²) in [7, 11) is 0. The van der Waals surface area contributed by atoms with Crippen molar-refractivity contribution in [2.45, 2.75) is 6.04 Å². The Kier molecular flexibility index (Phi) is 3.54. The Labute approximate surface area is 109 Å². The molecule has 3 rings (SSSR count). The van der Waals surface area contributed by atoms with E-state index >= 15 is 0 Å². The second kappa shape index (κ2) is 4.82. The summed E-state index contributed by atoms with van der Waals surface area (Å²) in [4.78, 5) is 11.8. The number of rotatable bonds is 2. The highest BCUT2D eigenvalue weighted by Crippen LogP contribution is 2.41. The Morgan fingerprint density at radius 3 is 2.50 bits per heavy atom. The fourth-order valence-electron chi connectivity index (χ4n) is 2.50. The van der Waals surface area contributed by atoms with E-state index in [1.54, 1.807) is 0 Å². The van der Waals surface area contributed by atoms with E-state index < -0.39 is 11.6 Å². The number of piperidine rings is 1. The van der Waals surface area contributed by atoms with Gasteiger partial charge in [-0.2, -0.15) is 0 Å². The zero-order valence-corrected chi connectivity index (χ0v) is 10.3. The first kappa shape index (κ1) is 13.2. The maximum absolute atomic E-state index is 13.0. The Bertz CT molecular complexity index is 473. The van der Waals surface area contributed by atoms with Gasteiger partial charge >= 0.3 is 0 Å². The Hall–Kier alpha value is -1.20. The molecule has 1 aliphatic heterocycles. The number of benzene rings is 1. The van der Waals surface area contributed by atoms with Crippen LogP contribution in [0.2, 0.25) is 0 Å². The molecule has 6 heteroatoms. The highest BCUT2D eigenvalue weighted by atomic mass is 35.5. The highest BCUT2D eigenvalue weighted by molar-refractivity contribution is 5.94. The largest absolute Gasteiger partial charge is 0.349 e. The van der Waals surface area contributed by atoms with Gasteiger partial charge in [-0.3, -0.25) is 4.79 Å². The average molecular weight is 275 g/mol. The van der Waals surface area contributed by atoms with Crippen molar-refractivity contribution in [3.05, 3.63) is 35.4 Å². The predicted octanol–water partition coefficient (Wildman–Crippen LogP) is 1.33. The molecule has 1 aliphatic carbocycles. The third-order valence-electron chi connectivity index (χ3n) is 3.57. The van der Waals surface area contributed by atoms with Crippen molar-refractivity contribution in [2.75, 3.05) is 13.1 Å². The van der Waals surface area contributed by atoms with E-state index in [0.717, 1.165) is 25.2 Å². The summed E-state index contributed by atoms with van der Waals surface area (Å²) in [6, 6.07) is 3.39. The van der Waals surface area contributed by atoms with E-state index in [4.69, 9.17) is 0 Å². The minimum absolute atomic E-state index is 0. The van der Waals surface area contributed by atoms with Crippen LogP contribution in [0.25, 0.3) is 0 Å². The van der Waals surface area contributed by atoms with Crippen LogP contribution in [0.1, 0.15) is 10.4 Å². The molecule has 1 saturated carbocycles. The first-order chi connectivity index (χ1) is 8.16. The number of carbonyl (C=O) groups is 1. The third-order valence-corrected chi connectivity index (χ3v) is 3.57. The van der Waals surface area contributed by atoms with Gasteiger partial charge in [0.2, 0.25) is 0 Å². The van der Waals surface area contributed by atoms with Crippen LogP contribution in [0.3, 0.4) is 0 Å². The van der Waals surface area contributed by atoms with Gasteiger partial charge in [0.1, 0.15) is 0 Å². The lowest BCUT2D eigenvalue weighted by Gasteiger charge is -2.07. The average Bonchev–Trinajstić information content (AvgIpc) is 2.76. The van der Waals surface area contributed by atoms with E-state index in [-0.39, 0.29) is 29.9 Å². The molecule has 0 spiro atoms. The Morgan fingerprint density at radius 2 is 1.89 bits per heavy atom. The molecule has 1 aromatic rings. The minimum atomic E-state index is -0.990. The molecule has 2 fully saturated rings. The quantitative estimate of drug-likeness (QED) is 0.854. The van der Waals surface area contributed by atoms with Gasteiger partial charge in [0.15, 0.2) is 11.6 Å². The SMILES string of the molecule is Cl.O=C(NC1C2CNCC21)c1ccc(F)c(F)c1. The predicted molar refractivity (Wildman–Crippen MR) is 64.7 cm³/mol. The van der Waals surface area contributed by atoms with Crippen molar-refractivity contribution < 1.29 is 13.6 Å². The molecule has 98 valence electrons. The summed E-state index contributed by atoms with van der Waals surface area (Å²) in [6.07, 6.45) is 0. The fraction of sp³-hybridized carbons (Fsp3) is 0.417. The lowest BCUT2D eigenvalue weighted by molar-refractivity contribution is 0.0946. The second-order valence-electron chi connectivity index (χ2n) is 4.61. The lowest BCUT2D eigenvalue weighted by atomic mass is 10.2. The molecule has 2 unspecified atom stereocenters. The van der Waals surface area contributed by atoms with Gasteiger partial charge in [0.05, 0.1) is 0 Å². The Morgan fingerprint density at radius 1 is 1.22 bits per heavy atom. The molecule has 2 atom stereocenters. The first-order valence-electron chi connectivity index (χ1n) is 5.63. The number of carbonyl (C=O) groups excluding carboxylic acids is 1. The van der Waals surface area contributed by atoms with Crippen molar-refractivity contribution in [1.29, 1.82) is 0 Å². The van der Waals surface area contributed by atoms with Gasteiger partial charge in [-0.15, -0.1) is 12.4 Å². The van der Waals surface area contributed by atoms with Crippen LogP contribution in [0.15, 0.2) is 18.2 Å². The number of hydrogen-bond acceptors (Lipinski definition) is 2. The molecule has 1 saturated heterocycles. The van der Waals surface area contributed by atoms with Gasteiger partial charge in [0, 0.05) is 24.7 Å². The maximum atomic E-state index is 13.0. The minimum Gasteiger partial charge on any atom is -0.349 e. The van der Waals surface area contributed by atoms with E-state index in [9.17, 15) is 13.6 Å². The van der Waals surface area contributed by atoms with Crippen molar-refractivity contribution >= 4 is 18.3 Å². The summed E-state index contributed by atoms with van der Waals surface area (Å²) in [5.41, 5.74) is 0.168. The van der Waals surface area contributed by atoms with Crippen LogP contribution in [0, 0.1) is 23.5 Å². The molecule has 0 bridgehead atoms. The summed E-state index contributed by atoms with van der Waals surface area (Å²) < 4.78 is 25.7. The monoisotopic (exact) mass is 274 g/mol. The second-order valence-corrected chi connectivity index (χ2v) is 4.61. The normalized spacial score (nSPS) is 28.2. The molecular formula is C12H13ClF2N2O. The molecular weight excluding hydrogens is 262 g/mol. The molecule has 2 N–H and O–H groups in total. The molecule has 0 aromatic heterocycles. The Balaban J connectivity index is 0.00000120. The van der Waals surface area contributed by atoms with Crippen LogP contribution in [-0.2, 0) is 0 Å². The standard InChI is InChI=1S/C12H12F2N2O.ClH/c13-9-2-1-6(3-10(9)14)12(17)16-11-7-4-15-5-8(7)11;/h1-3,7-8,11,15H,4-5H2,(H,16,17);1H. The van der Waals surface area contributed by atoms with Crippen LogP contribution < -0.4 is 10.6 Å². The van der Waals surface area contributed by atoms with Gasteiger partial charge < -0.3 is 10.6 Å². The van der Waals surface area contributed by atoms with Gasteiger partial charge in [-0.25, -0.2) is 8.78 Å². The number of fused-ring (bicyclic) bond motifs is 1. The lowest BCUT2D eigenvalue weighted by Crippen LogP contribution is -2.32. The zero-order chi connectivity index (χ0) is 12.0. The van der Waals surface area contributed by atoms with Crippen molar-refractivity contribution in [3.63, 3.8) is 0 Å². The van der Waals surface area contributed by atoms with E-state index in [2.05, 4.69) is 10.6 Å². The van der Waals surface area contributed by atoms with E-state index in [1.165, 1.54) is 6.07 Å². The molecule has 0 radical (unpaired) electrons. The van der Waals surface area contributed by atoms with Crippen LogP contribution >= 0.6 is 12.4 Å². The number of nitrogens with one attached hydrogen (secondary N) is 2. The number of halogens is 3. The van der Waals surface area contributed by atoms with Gasteiger partial charge in [-0.05, 0) is 30.0 Å². The summed E-state index contributed by atoms with van der Waals surface area (Å²) in [5.74, 6) is -1.25. The maximum Gasteiger partial charge on any atom is 0.251 e. The summed E-state index contributed by atoms with van der Waals surface area (Å²) in [6.45, 7) is 1.85. The molecule has 1 aromatic carbocycles. The fourth-order valence-corrected chi connectivity index (χ4v) is 2.50. The molecule has 18 heavy (non-hydrogen) atoms. The van der Waals surface area contributed by atoms with Crippen LogP contribution in [0.4, 0.5) is 8.78 Å². The highest BCUT2D eigenvalue weighted by Gasteiger charge is 2.53. The molecule has 1 heterocycles. The smallest absolute Gasteiger partial charge is 0.251 e. The first-order valence-corrected chi connectivity index (χ1v) is 5.63. The van der Waals surface area contributed by atoms with Gasteiger partial charge in [0.25, 0.3) is 5.91 Å². The topological polar surface area (TPSA) is 41.1 Å². The van der Waals surface area contributed by atoms with Crippen LogP contribution in [-0.4, -0.2) is 25.0 Å². The van der Waals surface area contributed by atoms with Crippen molar-refractivity contribution in [1.82, 2.24) is 10.6 Å². The molecule has 3 nitrogen and oxygen atoms in total. The molecule has 1 amide bonds. The van der Waals surface area contributed by atoms with E-state index in [0.29, 0.717) is 11.8 Å². The number of amides is 1. The third kappa shape index (κ3) is 2.20. The molecule has 2 aliphatic rings. The zero-order valence-electron chi connectivity index (χ0n) is 9.45. The van der Waals surface area contributed by atoms with Crippen molar-refractivity contribution in [2.24, 2.45) is 11.8 Å². The summed E-state index contributed by atoms with van der Waals surface area (Å²) in [5, 5.41) is 6.07. The number of hydrogen-bond donors (Lipinski definition) is 2. The van der Waals surface area contributed by atoms with Crippen molar-refractivity contribution in [3.8, 4) is 0 Å². The van der Waals surface area contributed by atoms with E-state index in [1.807, 2.05) is 0 Å². The summed E-state index contributed by atoms with van der Waals surface area (Å²) >= 11 is 0.